The second-order valence-corrected chi connectivity index (χ2v) is 10.6. The van der Waals surface area contributed by atoms with Gasteiger partial charge in [-0.05, 0) is 65.9 Å². The Morgan fingerprint density at radius 1 is 0.907 bits per heavy atom. The van der Waals surface area contributed by atoms with Crippen molar-refractivity contribution in [3.63, 3.8) is 0 Å². The molecular formula is C34H40Cl2N6O. The zero-order valence-corrected chi connectivity index (χ0v) is 26.1. The number of nitrogen functional groups attached to an aromatic ring is 1. The van der Waals surface area contributed by atoms with Crippen LogP contribution >= 0.6 is 24.8 Å². The number of nitrogens with one attached hydrogen (secondary N) is 1. The minimum absolute atomic E-state index is 0. The van der Waals surface area contributed by atoms with E-state index in [-0.39, 0.29) is 36.6 Å². The summed E-state index contributed by atoms with van der Waals surface area (Å²) in [7, 11) is 2.04. The number of nitrogens with zero attached hydrogens (tertiary/aromatic N) is 3. The minimum Gasteiger partial charge on any atom is -0.384 e. The van der Waals surface area contributed by atoms with Gasteiger partial charge in [0.2, 0.25) is 5.91 Å². The van der Waals surface area contributed by atoms with E-state index in [0.717, 1.165) is 71.2 Å². The molecule has 1 aromatic heterocycles. The van der Waals surface area contributed by atoms with Crippen molar-refractivity contribution in [1.29, 1.82) is 5.41 Å². The van der Waals surface area contributed by atoms with E-state index < -0.39 is 0 Å². The molecule has 0 saturated carbocycles. The number of fused-ring (bicyclic) bond motifs is 2. The quantitative estimate of drug-likeness (QED) is 0.0820. The number of aryl methyl sites for hydroxylation is 3. The molecule has 1 heterocycles. The largest absolute Gasteiger partial charge is 0.384 e. The number of halogens is 2. The predicted molar refractivity (Wildman–Crippen MR) is 183 cm³/mol. The third-order valence-corrected chi connectivity index (χ3v) is 7.78. The Morgan fingerprint density at radius 3 is 2.40 bits per heavy atom. The number of hydrogen-bond acceptors (Lipinski definition) is 4. The average Bonchev–Trinajstić information content (AvgIpc) is 3.31. The average molecular weight is 620 g/mol. The summed E-state index contributed by atoms with van der Waals surface area (Å²) in [5.41, 5.74) is 17.1. The highest BCUT2D eigenvalue weighted by Crippen LogP contribution is 2.28. The molecule has 0 spiro atoms. The van der Waals surface area contributed by atoms with Crippen molar-refractivity contribution in [3.05, 3.63) is 107 Å². The van der Waals surface area contributed by atoms with Gasteiger partial charge in [-0.1, -0.05) is 73.2 Å². The molecule has 7 nitrogen and oxygen atoms in total. The predicted octanol–water partition coefficient (Wildman–Crippen LogP) is 6.69. The van der Waals surface area contributed by atoms with Crippen molar-refractivity contribution in [1.82, 2.24) is 9.55 Å². The molecule has 5 N–H and O–H groups in total. The normalized spacial score (nSPS) is 10.7. The topological polar surface area (TPSA) is 114 Å². The molecular weight excluding hydrogens is 579 g/mol. The van der Waals surface area contributed by atoms with E-state index in [1.165, 1.54) is 10.9 Å². The van der Waals surface area contributed by atoms with Gasteiger partial charge in [0.15, 0.2) is 0 Å². The molecule has 4 aromatic carbocycles. The second-order valence-electron chi connectivity index (χ2n) is 10.6. The summed E-state index contributed by atoms with van der Waals surface area (Å²) in [5, 5.41) is 9.92. The van der Waals surface area contributed by atoms with Crippen molar-refractivity contribution in [2.45, 2.75) is 45.1 Å². The van der Waals surface area contributed by atoms with Crippen LogP contribution in [0.2, 0.25) is 0 Å². The summed E-state index contributed by atoms with van der Waals surface area (Å²) in [6.45, 7) is 1.15. The van der Waals surface area contributed by atoms with Gasteiger partial charge in [0.25, 0.3) is 0 Å². The van der Waals surface area contributed by atoms with Crippen LogP contribution in [0.25, 0.3) is 21.8 Å². The molecule has 0 aliphatic carbocycles. The fourth-order valence-electron chi connectivity index (χ4n) is 5.39. The van der Waals surface area contributed by atoms with Crippen molar-refractivity contribution in [2.24, 2.45) is 18.5 Å². The standard InChI is InChI=1S/C34H38N6O.2ClH/c1-39-31-19-18-28(22-30(31)38-32(39)20-15-24-13-16-26(17-14-24)34(36)37)40(33(41)12-3-2-6-21-35)23-27-10-7-9-25-8-4-5-11-29(25)27;;/h4-5,7-11,13-14,16-19,22H,2-3,6,12,15,20-21,23,35H2,1H3,(H3,36,37);2*1H. The summed E-state index contributed by atoms with van der Waals surface area (Å²) in [6.07, 6.45) is 4.80. The van der Waals surface area contributed by atoms with Gasteiger partial charge in [0, 0.05) is 31.1 Å². The number of unbranched alkanes of at least 4 members (excludes halogenated alkanes) is 2. The van der Waals surface area contributed by atoms with Crippen molar-refractivity contribution in [3.8, 4) is 0 Å². The Balaban J connectivity index is 0.00000253. The summed E-state index contributed by atoms with van der Waals surface area (Å²) in [4.78, 5) is 20.5. The first-order chi connectivity index (χ1) is 19.9. The number of benzene rings is 4. The first-order valence-corrected chi connectivity index (χ1v) is 14.3. The minimum atomic E-state index is 0. The maximum atomic E-state index is 13.6. The third-order valence-electron chi connectivity index (χ3n) is 7.78. The number of aromatic nitrogens is 2. The van der Waals surface area contributed by atoms with Crippen LogP contribution in [-0.4, -0.2) is 27.8 Å². The van der Waals surface area contributed by atoms with Crippen molar-refractivity contribution < 1.29 is 4.79 Å². The van der Waals surface area contributed by atoms with Crippen LogP contribution in [-0.2, 0) is 31.2 Å². The van der Waals surface area contributed by atoms with E-state index in [0.29, 0.717) is 19.5 Å². The Hall–Kier alpha value is -3.91. The molecule has 9 heteroatoms. The number of amidine groups is 1. The lowest BCUT2D eigenvalue weighted by Gasteiger charge is -2.24. The fraction of sp³-hybridized carbons (Fsp3) is 0.265. The molecule has 0 bridgehead atoms. The Kier molecular flexibility index (Phi) is 12.1. The highest BCUT2D eigenvalue weighted by Gasteiger charge is 2.19. The summed E-state index contributed by atoms with van der Waals surface area (Å²) in [5.74, 6) is 1.17. The smallest absolute Gasteiger partial charge is 0.227 e. The number of rotatable bonds is 12. The lowest BCUT2D eigenvalue weighted by Crippen LogP contribution is -2.30. The first kappa shape index (κ1) is 33.6. The van der Waals surface area contributed by atoms with Gasteiger partial charge in [0.1, 0.15) is 11.7 Å². The maximum absolute atomic E-state index is 13.6. The summed E-state index contributed by atoms with van der Waals surface area (Å²) in [6, 6.07) is 28.5. The highest BCUT2D eigenvalue weighted by molar-refractivity contribution is 5.97. The molecule has 0 saturated heterocycles. The van der Waals surface area contributed by atoms with E-state index >= 15 is 0 Å². The number of amides is 1. The molecule has 0 aliphatic rings. The van der Waals surface area contributed by atoms with E-state index in [1.54, 1.807) is 0 Å². The van der Waals surface area contributed by atoms with Crippen LogP contribution in [0.3, 0.4) is 0 Å². The molecule has 1 amide bonds. The molecule has 43 heavy (non-hydrogen) atoms. The van der Waals surface area contributed by atoms with Gasteiger partial charge in [-0.2, -0.15) is 0 Å². The van der Waals surface area contributed by atoms with E-state index in [2.05, 4.69) is 41.0 Å². The molecule has 0 atom stereocenters. The van der Waals surface area contributed by atoms with E-state index in [1.807, 2.05) is 60.5 Å². The van der Waals surface area contributed by atoms with Gasteiger partial charge in [-0.25, -0.2) is 4.98 Å². The van der Waals surface area contributed by atoms with E-state index in [4.69, 9.17) is 21.9 Å². The molecule has 5 rings (SSSR count). The number of carbonyl (C=O) groups is 1. The number of hydrogen-bond donors (Lipinski definition) is 3. The summed E-state index contributed by atoms with van der Waals surface area (Å²) < 4.78 is 2.13. The highest BCUT2D eigenvalue weighted by atomic mass is 35.5. The SMILES string of the molecule is Cl.Cl.Cn1c(CCc2ccc(C(=N)N)cc2)nc2cc(N(Cc3cccc4ccccc34)C(=O)CCCCCN)ccc21. The Morgan fingerprint density at radius 2 is 1.65 bits per heavy atom. The number of nitrogens with two attached hydrogens (primary N) is 2. The second kappa shape index (κ2) is 15.5. The van der Waals surface area contributed by atoms with Crippen LogP contribution in [0.1, 0.15) is 48.2 Å². The van der Waals surface area contributed by atoms with Gasteiger partial charge in [-0.3, -0.25) is 10.2 Å². The van der Waals surface area contributed by atoms with Crippen LogP contribution in [0, 0.1) is 5.41 Å². The number of imidazole rings is 1. The Labute approximate surface area is 265 Å². The Bertz CT molecular complexity index is 1680. The molecule has 226 valence electrons. The first-order valence-electron chi connectivity index (χ1n) is 14.3. The van der Waals surface area contributed by atoms with Gasteiger partial charge in [-0.15, -0.1) is 24.8 Å². The third kappa shape index (κ3) is 7.93. The number of carbonyl (C=O) groups excluding carboxylic acids is 1. The van der Waals surface area contributed by atoms with Crippen LogP contribution in [0.15, 0.2) is 84.9 Å². The van der Waals surface area contributed by atoms with Crippen LogP contribution < -0.4 is 16.4 Å². The van der Waals surface area contributed by atoms with Crippen LogP contribution in [0.5, 0.6) is 0 Å². The molecule has 5 aromatic rings. The van der Waals surface area contributed by atoms with Crippen molar-refractivity contribution in [2.75, 3.05) is 11.4 Å². The number of anilines is 1. The van der Waals surface area contributed by atoms with Gasteiger partial charge >= 0.3 is 0 Å². The van der Waals surface area contributed by atoms with Crippen LogP contribution in [0.4, 0.5) is 5.69 Å². The molecule has 0 aliphatic heterocycles. The molecule has 0 fully saturated rings. The lowest BCUT2D eigenvalue weighted by atomic mass is 10.0. The lowest BCUT2D eigenvalue weighted by molar-refractivity contribution is -0.118. The molecule has 0 radical (unpaired) electrons. The maximum Gasteiger partial charge on any atom is 0.227 e. The zero-order valence-electron chi connectivity index (χ0n) is 24.5. The monoisotopic (exact) mass is 618 g/mol. The van der Waals surface area contributed by atoms with Crippen molar-refractivity contribution >= 4 is 64.1 Å². The van der Waals surface area contributed by atoms with E-state index in [9.17, 15) is 4.79 Å². The van der Waals surface area contributed by atoms with Gasteiger partial charge < -0.3 is 20.9 Å². The summed E-state index contributed by atoms with van der Waals surface area (Å²) >= 11 is 0. The zero-order chi connectivity index (χ0) is 28.8. The van der Waals surface area contributed by atoms with Gasteiger partial charge in [0.05, 0.1) is 17.6 Å². The molecule has 0 unspecified atom stereocenters. The fourth-order valence-corrected chi connectivity index (χ4v) is 5.39.